The first-order chi connectivity index (χ1) is 13.6. The van der Waals surface area contributed by atoms with E-state index in [1.807, 2.05) is 54.6 Å². The molecule has 0 spiro atoms. The summed E-state index contributed by atoms with van der Waals surface area (Å²) in [5.74, 6) is 0.0598. The molecular weight excluding hydrogens is 350 g/mol. The van der Waals surface area contributed by atoms with Gasteiger partial charge in [0.1, 0.15) is 12.4 Å². The van der Waals surface area contributed by atoms with Gasteiger partial charge in [-0.15, -0.1) is 0 Å². The monoisotopic (exact) mass is 375 g/mol. The zero-order valence-corrected chi connectivity index (χ0v) is 15.9. The molecule has 4 rings (SSSR count). The number of hydrogen-bond donors (Lipinski definition) is 1. The van der Waals surface area contributed by atoms with Gasteiger partial charge in [0.15, 0.2) is 0 Å². The number of aromatic nitrogens is 1. The van der Waals surface area contributed by atoms with Crippen LogP contribution in [0.1, 0.15) is 49.8 Å². The van der Waals surface area contributed by atoms with Gasteiger partial charge < -0.3 is 9.84 Å². The largest absolute Gasteiger partial charge is 0.487 e. The Morgan fingerprint density at radius 3 is 2.46 bits per heavy atom. The van der Waals surface area contributed by atoms with Crippen LogP contribution in [0.5, 0.6) is 5.75 Å². The lowest BCUT2D eigenvalue weighted by Crippen LogP contribution is -2.31. The van der Waals surface area contributed by atoms with Gasteiger partial charge in [-0.05, 0) is 42.7 Å². The third kappa shape index (κ3) is 4.01. The lowest BCUT2D eigenvalue weighted by molar-refractivity contribution is -0.138. The van der Waals surface area contributed by atoms with E-state index in [1.54, 1.807) is 0 Å². The van der Waals surface area contributed by atoms with Crippen molar-refractivity contribution in [2.45, 2.75) is 50.5 Å². The van der Waals surface area contributed by atoms with E-state index in [1.165, 1.54) is 6.42 Å². The van der Waals surface area contributed by atoms with Gasteiger partial charge in [0, 0.05) is 10.8 Å². The molecule has 1 fully saturated rings. The van der Waals surface area contributed by atoms with E-state index in [4.69, 9.17) is 4.74 Å². The number of aliphatic carboxylic acids is 1. The smallest absolute Gasteiger partial charge is 0.304 e. The van der Waals surface area contributed by atoms with E-state index >= 15 is 0 Å². The fourth-order valence-electron chi connectivity index (χ4n) is 4.34. The van der Waals surface area contributed by atoms with Crippen molar-refractivity contribution in [1.82, 2.24) is 4.98 Å². The molecular formula is C24H25NO3. The molecule has 1 aliphatic carbocycles. The number of hydrogen-bond acceptors (Lipinski definition) is 3. The van der Waals surface area contributed by atoms with Crippen molar-refractivity contribution < 1.29 is 14.6 Å². The Hall–Kier alpha value is -2.88. The third-order valence-electron chi connectivity index (χ3n) is 5.81. The highest BCUT2D eigenvalue weighted by Gasteiger charge is 2.36. The molecule has 0 saturated heterocycles. The molecule has 1 saturated carbocycles. The molecule has 0 atom stereocenters. The number of para-hydroxylation sites is 1. The topological polar surface area (TPSA) is 59.4 Å². The Morgan fingerprint density at radius 2 is 1.71 bits per heavy atom. The van der Waals surface area contributed by atoms with Crippen LogP contribution >= 0.6 is 0 Å². The Bertz CT molecular complexity index is 959. The molecule has 0 aliphatic heterocycles. The number of carbonyl (C=O) groups is 1. The van der Waals surface area contributed by atoms with Crippen molar-refractivity contribution >= 4 is 16.9 Å². The van der Waals surface area contributed by atoms with E-state index in [9.17, 15) is 9.90 Å². The number of benzene rings is 2. The molecule has 1 N–H and O–H groups in total. The predicted octanol–water partition coefficient (Wildman–Crippen LogP) is 5.49. The number of carboxylic acid groups (broad SMARTS) is 1. The van der Waals surface area contributed by atoms with Gasteiger partial charge in [0.05, 0.1) is 17.6 Å². The van der Waals surface area contributed by atoms with Crippen molar-refractivity contribution in [2.24, 2.45) is 0 Å². The second-order valence-corrected chi connectivity index (χ2v) is 7.72. The lowest BCUT2D eigenvalue weighted by atomic mass is 9.67. The Labute approximate surface area is 165 Å². The van der Waals surface area contributed by atoms with Gasteiger partial charge in [-0.25, -0.2) is 4.98 Å². The number of rotatable bonds is 6. The highest BCUT2D eigenvalue weighted by Crippen LogP contribution is 2.42. The molecule has 1 aromatic heterocycles. The van der Waals surface area contributed by atoms with Crippen LogP contribution in [0.4, 0.5) is 0 Å². The maximum atomic E-state index is 11.4. The number of carboxylic acids is 1. The van der Waals surface area contributed by atoms with Crippen molar-refractivity contribution in [3.05, 3.63) is 71.9 Å². The van der Waals surface area contributed by atoms with Crippen LogP contribution in [0.25, 0.3) is 10.9 Å². The molecule has 4 heteroatoms. The van der Waals surface area contributed by atoms with E-state index in [0.29, 0.717) is 6.61 Å². The van der Waals surface area contributed by atoms with Gasteiger partial charge in [-0.1, -0.05) is 55.7 Å². The fraction of sp³-hybridized carbons (Fsp3) is 0.333. The van der Waals surface area contributed by atoms with Gasteiger partial charge in [0.2, 0.25) is 0 Å². The minimum atomic E-state index is -0.718. The summed E-state index contributed by atoms with van der Waals surface area (Å²) in [6.07, 6.45) is 5.48. The summed E-state index contributed by atoms with van der Waals surface area (Å²) in [6, 6.07) is 20.1. The Balaban J connectivity index is 1.46. The summed E-state index contributed by atoms with van der Waals surface area (Å²) < 4.78 is 5.92. The summed E-state index contributed by atoms with van der Waals surface area (Å²) >= 11 is 0. The average Bonchev–Trinajstić information content (AvgIpc) is 2.72. The van der Waals surface area contributed by atoms with Crippen LogP contribution < -0.4 is 4.74 Å². The van der Waals surface area contributed by atoms with E-state index in [2.05, 4.69) is 11.1 Å². The van der Waals surface area contributed by atoms with Crippen molar-refractivity contribution in [3.63, 3.8) is 0 Å². The molecule has 1 aliphatic rings. The van der Waals surface area contributed by atoms with Crippen LogP contribution in [0.2, 0.25) is 0 Å². The molecule has 144 valence electrons. The number of pyridine rings is 1. The van der Waals surface area contributed by atoms with Gasteiger partial charge >= 0.3 is 5.97 Å². The van der Waals surface area contributed by atoms with E-state index in [0.717, 1.165) is 53.6 Å². The highest BCUT2D eigenvalue weighted by molar-refractivity contribution is 5.78. The molecule has 0 amide bonds. The van der Waals surface area contributed by atoms with Gasteiger partial charge in [0.25, 0.3) is 0 Å². The molecule has 0 unspecified atom stereocenters. The maximum absolute atomic E-state index is 11.4. The van der Waals surface area contributed by atoms with Gasteiger partial charge in [-0.2, -0.15) is 0 Å². The first-order valence-electron chi connectivity index (χ1n) is 9.94. The molecule has 2 aromatic carbocycles. The summed E-state index contributed by atoms with van der Waals surface area (Å²) in [5, 5.41) is 10.5. The lowest BCUT2D eigenvalue weighted by Gasteiger charge is -2.36. The van der Waals surface area contributed by atoms with E-state index < -0.39 is 5.97 Å². The quantitative estimate of drug-likeness (QED) is 0.619. The number of nitrogens with zero attached hydrogens (tertiary/aromatic N) is 1. The molecule has 3 aromatic rings. The van der Waals surface area contributed by atoms with Crippen LogP contribution in [0, 0.1) is 0 Å². The first-order valence-corrected chi connectivity index (χ1v) is 9.94. The zero-order valence-electron chi connectivity index (χ0n) is 15.9. The molecule has 4 nitrogen and oxygen atoms in total. The predicted molar refractivity (Wildman–Crippen MR) is 110 cm³/mol. The molecule has 0 radical (unpaired) electrons. The summed E-state index contributed by atoms with van der Waals surface area (Å²) in [6.45, 7) is 0.407. The summed E-state index contributed by atoms with van der Waals surface area (Å²) in [7, 11) is 0. The van der Waals surface area contributed by atoms with Crippen LogP contribution in [0.15, 0.2) is 60.7 Å². The van der Waals surface area contributed by atoms with Crippen molar-refractivity contribution in [3.8, 4) is 5.75 Å². The number of ether oxygens (including phenoxy) is 1. The van der Waals surface area contributed by atoms with Crippen molar-refractivity contribution in [1.29, 1.82) is 0 Å². The second kappa shape index (κ2) is 8.01. The highest BCUT2D eigenvalue weighted by atomic mass is 16.5. The zero-order chi connectivity index (χ0) is 19.4. The third-order valence-corrected chi connectivity index (χ3v) is 5.81. The summed E-state index contributed by atoms with van der Waals surface area (Å²) in [4.78, 5) is 16.1. The Morgan fingerprint density at radius 1 is 0.964 bits per heavy atom. The minimum Gasteiger partial charge on any atom is -0.487 e. The van der Waals surface area contributed by atoms with Crippen LogP contribution in [0.3, 0.4) is 0 Å². The molecule has 1 heterocycles. The Kier molecular flexibility index (Phi) is 5.29. The first kappa shape index (κ1) is 18.5. The molecule has 0 bridgehead atoms. The SMILES string of the molecule is O=C(O)CC1(c2ccc(OCc3ccc4ccccc4n3)cc2)CCCCC1. The average molecular weight is 375 g/mol. The van der Waals surface area contributed by atoms with Crippen LogP contribution in [-0.2, 0) is 16.8 Å². The standard InChI is InChI=1S/C24H25NO3/c26-23(27)16-24(14-4-1-5-15-24)19-9-12-21(13-10-19)28-17-20-11-8-18-6-2-3-7-22(18)25-20/h2-3,6-13H,1,4-5,14-17H2,(H,26,27). The summed E-state index contributed by atoms with van der Waals surface area (Å²) in [5.41, 5.74) is 2.73. The maximum Gasteiger partial charge on any atom is 0.304 e. The fourth-order valence-corrected chi connectivity index (χ4v) is 4.34. The number of fused-ring (bicyclic) bond motifs is 1. The molecule has 28 heavy (non-hydrogen) atoms. The van der Waals surface area contributed by atoms with Gasteiger partial charge in [-0.3, -0.25) is 4.79 Å². The van der Waals surface area contributed by atoms with Crippen LogP contribution in [-0.4, -0.2) is 16.1 Å². The normalized spacial score (nSPS) is 16.0. The van der Waals surface area contributed by atoms with Crippen molar-refractivity contribution in [2.75, 3.05) is 0 Å². The second-order valence-electron chi connectivity index (χ2n) is 7.72. The van der Waals surface area contributed by atoms with E-state index in [-0.39, 0.29) is 11.8 Å². The minimum absolute atomic E-state index is 0.203.